The van der Waals surface area contributed by atoms with Gasteiger partial charge in [0, 0.05) is 6.54 Å². The zero-order valence-corrected chi connectivity index (χ0v) is 12.2. The van der Waals surface area contributed by atoms with E-state index in [-0.39, 0.29) is 11.9 Å². The zero-order valence-electron chi connectivity index (χ0n) is 12.2. The van der Waals surface area contributed by atoms with Gasteiger partial charge in [-0.2, -0.15) is 0 Å². The molecule has 0 aromatic heterocycles. The molecule has 2 aliphatic heterocycles. The van der Waals surface area contributed by atoms with Crippen LogP contribution in [0.4, 0.5) is 0 Å². The summed E-state index contributed by atoms with van der Waals surface area (Å²) in [5, 5.41) is 0. The largest absolute Gasteiger partial charge is 0.498 e. The van der Waals surface area contributed by atoms with Crippen LogP contribution in [-0.4, -0.2) is 30.5 Å². The van der Waals surface area contributed by atoms with Crippen molar-refractivity contribution in [3.63, 3.8) is 0 Å². The number of ether oxygens (including phenoxy) is 1. The highest BCUT2D eigenvalue weighted by atomic mass is 16.5. The Morgan fingerprint density at radius 2 is 2.00 bits per heavy atom. The first-order valence-corrected chi connectivity index (χ1v) is 7.39. The lowest BCUT2D eigenvalue weighted by molar-refractivity contribution is -0.125. The third-order valence-corrected chi connectivity index (χ3v) is 4.41. The van der Waals surface area contributed by atoms with Gasteiger partial charge in [-0.25, -0.2) is 0 Å². The molecule has 0 bridgehead atoms. The van der Waals surface area contributed by atoms with Crippen molar-refractivity contribution in [1.82, 2.24) is 4.90 Å². The van der Waals surface area contributed by atoms with Crippen molar-refractivity contribution in [3.8, 4) is 0 Å². The van der Waals surface area contributed by atoms with E-state index in [4.69, 9.17) is 4.74 Å². The molecule has 1 saturated heterocycles. The molecule has 2 heterocycles. The highest BCUT2D eigenvalue weighted by Gasteiger charge is 2.41. The molecule has 0 aliphatic carbocycles. The van der Waals surface area contributed by atoms with Crippen LogP contribution < -0.4 is 0 Å². The fraction of sp³-hybridized carbons (Fsp3) is 0.471. The number of rotatable bonds is 2. The van der Waals surface area contributed by atoms with E-state index in [0.29, 0.717) is 0 Å². The number of methoxy groups -OCH3 is 1. The van der Waals surface area contributed by atoms with Crippen LogP contribution in [0.2, 0.25) is 0 Å². The van der Waals surface area contributed by atoms with E-state index >= 15 is 0 Å². The number of aryl methyl sites for hydroxylation is 1. The molecule has 20 heavy (non-hydrogen) atoms. The summed E-state index contributed by atoms with van der Waals surface area (Å²) in [5.74, 6) is 1.01. The molecule has 0 radical (unpaired) electrons. The van der Waals surface area contributed by atoms with Gasteiger partial charge in [0.25, 0.3) is 5.91 Å². The molecule has 0 spiro atoms. The van der Waals surface area contributed by atoms with E-state index in [1.165, 1.54) is 12.8 Å². The summed E-state index contributed by atoms with van der Waals surface area (Å²) in [7, 11) is 1.69. The zero-order chi connectivity index (χ0) is 14.1. The summed E-state index contributed by atoms with van der Waals surface area (Å²) < 4.78 is 5.65. The Bertz CT molecular complexity index is 562. The molecule has 3 rings (SSSR count). The van der Waals surface area contributed by atoms with E-state index < -0.39 is 0 Å². The summed E-state index contributed by atoms with van der Waals surface area (Å²) in [6, 6.07) is 8.20. The molecule has 3 nitrogen and oxygen atoms in total. The summed E-state index contributed by atoms with van der Waals surface area (Å²) in [5.41, 5.74) is 2.92. The third kappa shape index (κ3) is 2.01. The number of fused-ring (bicyclic) bond motifs is 1. The number of hydrogen-bond acceptors (Lipinski definition) is 2. The average molecular weight is 271 g/mol. The molecule has 1 atom stereocenters. The first kappa shape index (κ1) is 13.2. The van der Waals surface area contributed by atoms with Gasteiger partial charge in [0.1, 0.15) is 5.76 Å². The van der Waals surface area contributed by atoms with Crippen LogP contribution in [0.25, 0.3) is 5.57 Å². The molecule has 2 aliphatic rings. The van der Waals surface area contributed by atoms with Gasteiger partial charge in [-0.1, -0.05) is 37.1 Å². The number of benzene rings is 1. The maximum absolute atomic E-state index is 12.8. The summed E-state index contributed by atoms with van der Waals surface area (Å²) >= 11 is 0. The molecule has 1 fully saturated rings. The summed E-state index contributed by atoms with van der Waals surface area (Å²) in [4.78, 5) is 14.8. The van der Waals surface area contributed by atoms with Gasteiger partial charge in [0.2, 0.25) is 0 Å². The molecule has 1 aromatic rings. The molecule has 0 N–H and O–H groups in total. The predicted molar refractivity (Wildman–Crippen MR) is 79.1 cm³/mol. The Kier molecular flexibility index (Phi) is 3.51. The van der Waals surface area contributed by atoms with Gasteiger partial charge in [-0.3, -0.25) is 4.79 Å². The minimum atomic E-state index is 0.142. The van der Waals surface area contributed by atoms with Crippen LogP contribution in [-0.2, 0) is 9.53 Å². The lowest BCUT2D eigenvalue weighted by Gasteiger charge is -2.23. The normalized spacial score (nSPS) is 22.8. The van der Waals surface area contributed by atoms with E-state index in [0.717, 1.165) is 41.8 Å². The Labute approximate surface area is 120 Å². The Balaban J connectivity index is 2.09. The van der Waals surface area contributed by atoms with Crippen molar-refractivity contribution in [1.29, 1.82) is 0 Å². The molecular weight excluding hydrogens is 250 g/mol. The van der Waals surface area contributed by atoms with Gasteiger partial charge < -0.3 is 9.64 Å². The number of hydrogen-bond donors (Lipinski definition) is 0. The standard InChI is InChI=1S/C17H21NO2/c1-12-8-5-6-9-13(12)15-16(20-2)14-10-4-3-7-11-18(14)17(15)19/h5-6,8-9,14H,3-4,7,10-11H2,1-2H3. The fourth-order valence-corrected chi connectivity index (χ4v) is 3.38. The SMILES string of the molecule is COC1=C(c2ccccc2C)C(=O)N2CCCCCC12. The lowest BCUT2D eigenvalue weighted by atomic mass is 9.98. The highest BCUT2D eigenvalue weighted by molar-refractivity contribution is 6.23. The summed E-state index contributed by atoms with van der Waals surface area (Å²) in [6.07, 6.45) is 4.49. The first-order chi connectivity index (χ1) is 9.74. The van der Waals surface area contributed by atoms with Gasteiger partial charge in [-0.05, 0) is 30.9 Å². The molecule has 106 valence electrons. The molecule has 3 heteroatoms. The smallest absolute Gasteiger partial charge is 0.258 e. The average Bonchev–Trinajstić information content (AvgIpc) is 2.62. The fourth-order valence-electron chi connectivity index (χ4n) is 3.38. The molecule has 0 saturated carbocycles. The van der Waals surface area contributed by atoms with Crippen LogP contribution in [0, 0.1) is 6.92 Å². The van der Waals surface area contributed by atoms with Crippen molar-refractivity contribution in [3.05, 3.63) is 41.2 Å². The Morgan fingerprint density at radius 1 is 1.20 bits per heavy atom. The van der Waals surface area contributed by atoms with Crippen LogP contribution in [0.5, 0.6) is 0 Å². The topological polar surface area (TPSA) is 29.5 Å². The Hall–Kier alpha value is -1.77. The van der Waals surface area contributed by atoms with Crippen molar-refractivity contribution < 1.29 is 9.53 Å². The second-order valence-electron chi connectivity index (χ2n) is 5.62. The first-order valence-electron chi connectivity index (χ1n) is 7.39. The number of amides is 1. The maximum Gasteiger partial charge on any atom is 0.258 e. The predicted octanol–water partition coefficient (Wildman–Crippen LogP) is 3.14. The van der Waals surface area contributed by atoms with E-state index in [1.54, 1.807) is 7.11 Å². The van der Waals surface area contributed by atoms with E-state index in [2.05, 4.69) is 0 Å². The minimum Gasteiger partial charge on any atom is -0.498 e. The number of nitrogens with zero attached hydrogens (tertiary/aromatic N) is 1. The quantitative estimate of drug-likeness (QED) is 0.827. The van der Waals surface area contributed by atoms with E-state index in [9.17, 15) is 4.79 Å². The Morgan fingerprint density at radius 3 is 2.75 bits per heavy atom. The van der Waals surface area contributed by atoms with Crippen molar-refractivity contribution in [2.45, 2.75) is 38.6 Å². The molecule has 1 aromatic carbocycles. The lowest BCUT2D eigenvalue weighted by Crippen LogP contribution is -2.35. The van der Waals surface area contributed by atoms with Crippen LogP contribution in [0.3, 0.4) is 0 Å². The van der Waals surface area contributed by atoms with Crippen LogP contribution in [0.15, 0.2) is 30.0 Å². The molecular formula is C17H21NO2. The van der Waals surface area contributed by atoms with E-state index in [1.807, 2.05) is 36.1 Å². The minimum absolute atomic E-state index is 0.142. The van der Waals surface area contributed by atoms with Crippen molar-refractivity contribution >= 4 is 11.5 Å². The second kappa shape index (κ2) is 5.31. The monoisotopic (exact) mass is 271 g/mol. The van der Waals surface area contributed by atoms with Crippen molar-refractivity contribution in [2.75, 3.05) is 13.7 Å². The highest BCUT2D eigenvalue weighted by Crippen LogP contribution is 2.38. The maximum atomic E-state index is 12.8. The van der Waals surface area contributed by atoms with Crippen LogP contribution in [0.1, 0.15) is 36.8 Å². The second-order valence-corrected chi connectivity index (χ2v) is 5.62. The number of carbonyl (C=O) groups is 1. The molecule has 1 unspecified atom stereocenters. The van der Waals surface area contributed by atoms with Gasteiger partial charge in [-0.15, -0.1) is 0 Å². The molecule has 1 amide bonds. The van der Waals surface area contributed by atoms with Crippen molar-refractivity contribution in [2.24, 2.45) is 0 Å². The van der Waals surface area contributed by atoms with Gasteiger partial charge >= 0.3 is 0 Å². The summed E-state index contributed by atoms with van der Waals surface area (Å²) in [6.45, 7) is 2.90. The third-order valence-electron chi connectivity index (χ3n) is 4.41. The van der Waals surface area contributed by atoms with Crippen LogP contribution >= 0.6 is 0 Å². The van der Waals surface area contributed by atoms with Gasteiger partial charge in [0.15, 0.2) is 0 Å². The van der Waals surface area contributed by atoms with Gasteiger partial charge in [0.05, 0.1) is 18.7 Å². The number of carbonyl (C=O) groups excluding carboxylic acids is 1.